The molecule has 0 amide bonds. The maximum Gasteiger partial charge on any atom is 0.349 e. The van der Waals surface area contributed by atoms with Crippen LogP contribution in [0.4, 0.5) is 0 Å². The topological polar surface area (TPSA) is 51.0 Å². The zero-order valence-corrected chi connectivity index (χ0v) is 7.98. The fourth-order valence-electron chi connectivity index (χ4n) is 0.756. The second-order valence-corrected chi connectivity index (χ2v) is 3.06. The van der Waals surface area contributed by atoms with Gasteiger partial charge in [-0.05, 0) is 18.5 Å². The molecule has 66 valence electrons. The standard InChI is InChI=1S/C6H6Cl2N2O2/c1-3-5(7)10(12)4(2)6(8)9(3)11/h1-2H3. The molecule has 1 aromatic rings. The molecule has 0 spiro atoms. The minimum absolute atomic E-state index is 0.0993. The molecular formula is C6H6Cl2N2O2. The van der Waals surface area contributed by atoms with Crippen molar-refractivity contribution < 1.29 is 4.43 Å². The molecule has 0 aliphatic heterocycles. The highest BCUT2D eigenvalue weighted by atomic mass is 35.5. The second kappa shape index (κ2) is 2.95. The Labute approximate surface area is 78.5 Å². The lowest BCUT2D eigenvalue weighted by atomic mass is 10.4. The predicted octanol–water partition coefficient (Wildman–Crippen LogP) is 1.67. The van der Waals surface area contributed by atoms with Gasteiger partial charge in [0, 0.05) is 11.8 Å². The van der Waals surface area contributed by atoms with Crippen LogP contribution >= 0.6 is 23.2 Å². The molecule has 0 fully saturated rings. The normalized spacial score (nSPS) is 10.3. The molecule has 0 aliphatic carbocycles. The highest BCUT2D eigenvalue weighted by Gasteiger charge is 2.18. The molecule has 0 unspecified atom stereocenters. The van der Waals surface area contributed by atoms with Crippen LogP contribution in [0.3, 0.4) is 0 Å². The molecule has 4 nitrogen and oxygen atoms in total. The molecule has 1 rings (SSSR count). The number of aromatic nitrogens is 2. The first-order valence-corrected chi connectivity index (χ1v) is 3.89. The molecule has 0 atom stereocenters. The van der Waals surface area contributed by atoms with Gasteiger partial charge in [0.05, 0.1) is 4.43 Å². The third kappa shape index (κ3) is 1.17. The zero-order chi connectivity index (χ0) is 9.46. The highest BCUT2D eigenvalue weighted by molar-refractivity contribution is 6.31. The van der Waals surface area contributed by atoms with Gasteiger partial charge in [-0.15, -0.1) is 0 Å². The minimum Gasteiger partial charge on any atom is -0.804 e. The first-order valence-electron chi connectivity index (χ1n) is 3.14. The smallest absolute Gasteiger partial charge is 0.349 e. The van der Waals surface area contributed by atoms with E-state index >= 15 is 0 Å². The summed E-state index contributed by atoms with van der Waals surface area (Å²) in [6.45, 7) is 2.85. The number of rotatable bonds is 0. The summed E-state index contributed by atoms with van der Waals surface area (Å²) in [6.07, 6.45) is 0. The Bertz CT molecular complexity index is 354. The Balaban J connectivity index is 3.73. The number of hydrogen-bond donors (Lipinski definition) is 0. The van der Waals surface area contributed by atoms with Crippen molar-refractivity contribution in [2.45, 2.75) is 13.8 Å². The van der Waals surface area contributed by atoms with Gasteiger partial charge in [0.25, 0.3) is 5.69 Å². The van der Waals surface area contributed by atoms with Gasteiger partial charge in [0.1, 0.15) is 5.69 Å². The van der Waals surface area contributed by atoms with Crippen LogP contribution in [0.25, 0.3) is 0 Å². The van der Waals surface area contributed by atoms with Crippen LogP contribution in [0.5, 0.6) is 0 Å². The summed E-state index contributed by atoms with van der Waals surface area (Å²) in [5.74, 6) is 0. The van der Waals surface area contributed by atoms with Crippen molar-refractivity contribution in [3.05, 3.63) is 31.8 Å². The van der Waals surface area contributed by atoms with E-state index in [1.54, 1.807) is 0 Å². The Hall–Kier alpha value is -0.740. The van der Waals surface area contributed by atoms with Gasteiger partial charge in [0.15, 0.2) is 5.15 Å². The van der Waals surface area contributed by atoms with Gasteiger partial charge >= 0.3 is 5.15 Å². The van der Waals surface area contributed by atoms with Crippen molar-refractivity contribution in [1.82, 2.24) is 4.73 Å². The summed E-state index contributed by atoms with van der Waals surface area (Å²) >= 11 is 11.1. The lowest BCUT2D eigenvalue weighted by Gasteiger charge is -2.14. The lowest BCUT2D eigenvalue weighted by molar-refractivity contribution is -0.501. The van der Waals surface area contributed by atoms with E-state index in [4.69, 9.17) is 23.2 Å². The largest absolute Gasteiger partial charge is 0.804 e. The van der Waals surface area contributed by atoms with Crippen molar-refractivity contribution >= 4 is 23.2 Å². The van der Waals surface area contributed by atoms with E-state index in [-0.39, 0.29) is 21.7 Å². The molecule has 0 saturated heterocycles. The maximum absolute atomic E-state index is 11.1. The molecule has 12 heavy (non-hydrogen) atoms. The van der Waals surface area contributed by atoms with Gasteiger partial charge in [-0.25, -0.2) is 0 Å². The molecular weight excluding hydrogens is 203 g/mol. The highest BCUT2D eigenvalue weighted by Crippen LogP contribution is 2.16. The molecule has 1 heterocycles. The van der Waals surface area contributed by atoms with Gasteiger partial charge in [0.2, 0.25) is 0 Å². The van der Waals surface area contributed by atoms with Crippen LogP contribution in [0.15, 0.2) is 0 Å². The Morgan fingerprint density at radius 3 is 2.42 bits per heavy atom. The van der Waals surface area contributed by atoms with Crippen LogP contribution in [-0.4, -0.2) is 4.73 Å². The monoisotopic (exact) mass is 208 g/mol. The third-order valence-electron chi connectivity index (χ3n) is 1.56. The van der Waals surface area contributed by atoms with Gasteiger partial charge < -0.3 is 9.94 Å². The van der Waals surface area contributed by atoms with E-state index in [0.29, 0.717) is 9.16 Å². The molecule has 0 bridgehead atoms. The van der Waals surface area contributed by atoms with Gasteiger partial charge in [-0.3, -0.25) is 0 Å². The summed E-state index contributed by atoms with van der Waals surface area (Å²) in [5, 5.41) is 10.8. The summed E-state index contributed by atoms with van der Waals surface area (Å²) in [7, 11) is 0. The number of hydrogen-bond acceptors (Lipinski definition) is 2. The van der Waals surface area contributed by atoms with E-state index in [0.717, 1.165) is 0 Å². The number of nitrogens with zero attached hydrogens (tertiary/aromatic N) is 2. The summed E-state index contributed by atoms with van der Waals surface area (Å²) < 4.78 is 0.848. The SMILES string of the molecule is Cc1c(Cl)[n+](=O)c(C)c(Cl)n1[O-]. The van der Waals surface area contributed by atoms with Crippen molar-refractivity contribution in [1.29, 1.82) is 0 Å². The van der Waals surface area contributed by atoms with Gasteiger partial charge in [-0.1, -0.05) is 11.6 Å². The molecule has 6 heteroatoms. The summed E-state index contributed by atoms with van der Waals surface area (Å²) in [5.41, 5.74) is 0.199. The summed E-state index contributed by atoms with van der Waals surface area (Å²) in [6, 6.07) is 0. The van der Waals surface area contributed by atoms with Crippen LogP contribution in [0, 0.1) is 24.0 Å². The van der Waals surface area contributed by atoms with E-state index < -0.39 is 0 Å². The fraction of sp³-hybridized carbons (Fsp3) is 0.333. The molecule has 0 aliphatic rings. The Kier molecular flexibility index (Phi) is 2.30. The van der Waals surface area contributed by atoms with Crippen LogP contribution < -0.4 is 4.43 Å². The first-order chi connectivity index (χ1) is 5.46. The predicted molar refractivity (Wildman–Crippen MR) is 46.1 cm³/mol. The lowest BCUT2D eigenvalue weighted by Crippen LogP contribution is -2.25. The first kappa shape index (κ1) is 9.35. The second-order valence-electron chi connectivity index (χ2n) is 2.34. The van der Waals surface area contributed by atoms with Crippen molar-refractivity contribution in [3.63, 3.8) is 0 Å². The third-order valence-corrected chi connectivity index (χ3v) is 2.42. The van der Waals surface area contributed by atoms with Crippen molar-refractivity contribution in [2.75, 3.05) is 0 Å². The van der Waals surface area contributed by atoms with Crippen LogP contribution in [0.2, 0.25) is 10.3 Å². The van der Waals surface area contributed by atoms with Crippen molar-refractivity contribution in [2.24, 2.45) is 0 Å². The molecule has 0 saturated carbocycles. The maximum atomic E-state index is 11.1. The van der Waals surface area contributed by atoms with Gasteiger partial charge in [-0.2, -0.15) is 0 Å². The van der Waals surface area contributed by atoms with Crippen LogP contribution in [0.1, 0.15) is 11.4 Å². The zero-order valence-electron chi connectivity index (χ0n) is 6.47. The number of halogens is 2. The average molecular weight is 209 g/mol. The molecule has 1 aromatic heterocycles. The van der Waals surface area contributed by atoms with E-state index in [2.05, 4.69) is 0 Å². The van der Waals surface area contributed by atoms with Crippen LogP contribution in [-0.2, 0) is 0 Å². The fourth-order valence-corrected chi connectivity index (χ4v) is 1.16. The average Bonchev–Trinajstić information content (AvgIpc) is 2.08. The Morgan fingerprint density at radius 2 is 1.92 bits per heavy atom. The van der Waals surface area contributed by atoms with Crippen molar-refractivity contribution in [3.8, 4) is 0 Å². The summed E-state index contributed by atoms with van der Waals surface area (Å²) in [4.78, 5) is 11.1. The quantitative estimate of drug-likeness (QED) is 0.610. The Morgan fingerprint density at radius 1 is 1.42 bits per heavy atom. The molecule has 0 N–H and O–H groups in total. The van der Waals surface area contributed by atoms with E-state index in [1.165, 1.54) is 13.8 Å². The van der Waals surface area contributed by atoms with E-state index in [1.807, 2.05) is 0 Å². The van der Waals surface area contributed by atoms with E-state index in [9.17, 15) is 10.1 Å². The molecule has 0 aromatic carbocycles. The minimum atomic E-state index is -0.146. The molecule has 0 radical (unpaired) electrons.